The predicted octanol–water partition coefficient (Wildman–Crippen LogP) is 1.04. The second kappa shape index (κ2) is 4.86. The van der Waals surface area contributed by atoms with Crippen molar-refractivity contribution in [2.75, 3.05) is 0 Å². The molecule has 0 unspecified atom stereocenters. The van der Waals surface area contributed by atoms with Crippen molar-refractivity contribution in [1.29, 1.82) is 0 Å². The molecule has 0 radical (unpaired) electrons. The summed E-state index contributed by atoms with van der Waals surface area (Å²) >= 11 is 0. The Hall–Kier alpha value is -2.05. The molecule has 0 aromatic carbocycles. The number of hydrogen-bond acceptors (Lipinski definition) is 5. The summed E-state index contributed by atoms with van der Waals surface area (Å²) in [6.45, 7) is 3.85. The molecule has 0 fully saturated rings. The number of carbonyl (C=O) groups excluding carboxylic acids is 1. The van der Waals surface area contributed by atoms with Crippen LogP contribution >= 0.6 is 0 Å². The van der Waals surface area contributed by atoms with E-state index in [4.69, 9.17) is 0 Å². The van der Waals surface area contributed by atoms with Gasteiger partial charge in [-0.3, -0.25) is 0 Å². The van der Waals surface area contributed by atoms with E-state index < -0.39 is 0 Å². The van der Waals surface area contributed by atoms with Gasteiger partial charge in [-0.2, -0.15) is 14.5 Å². The Morgan fingerprint density at radius 3 is 2.94 bits per heavy atom. The summed E-state index contributed by atoms with van der Waals surface area (Å²) < 4.78 is 2.43. The highest BCUT2D eigenvalue weighted by atomic mass is 16.2. The fourth-order valence-corrected chi connectivity index (χ4v) is 1.51. The van der Waals surface area contributed by atoms with Gasteiger partial charge in [0, 0.05) is 6.42 Å². The van der Waals surface area contributed by atoms with E-state index in [0.29, 0.717) is 11.6 Å². The molecule has 2 aromatic heterocycles. The SMILES string of the molecule is CCCCc1nc(C)nn1C(=O)n1cncn1. The van der Waals surface area contributed by atoms with Crippen LogP contribution in [0.3, 0.4) is 0 Å². The van der Waals surface area contributed by atoms with Gasteiger partial charge in [0.2, 0.25) is 0 Å². The molecule has 0 saturated heterocycles. The first-order valence-electron chi connectivity index (χ1n) is 5.54. The summed E-state index contributed by atoms with van der Waals surface area (Å²) in [5.41, 5.74) is 0. The van der Waals surface area contributed by atoms with Gasteiger partial charge >= 0.3 is 6.03 Å². The van der Waals surface area contributed by atoms with Gasteiger partial charge in [-0.05, 0) is 13.3 Å². The lowest BCUT2D eigenvalue weighted by atomic mass is 10.2. The van der Waals surface area contributed by atoms with E-state index in [1.807, 2.05) is 0 Å². The Morgan fingerprint density at radius 1 is 1.47 bits per heavy atom. The molecule has 7 heteroatoms. The Morgan fingerprint density at radius 2 is 2.29 bits per heavy atom. The zero-order valence-electron chi connectivity index (χ0n) is 9.87. The molecule has 90 valence electrons. The highest BCUT2D eigenvalue weighted by Crippen LogP contribution is 2.04. The number of unbranched alkanes of at least 4 members (excludes halogenated alkanes) is 1. The minimum atomic E-state index is -0.353. The lowest BCUT2D eigenvalue weighted by Gasteiger charge is -2.02. The summed E-state index contributed by atoms with van der Waals surface area (Å²) in [7, 11) is 0. The van der Waals surface area contributed by atoms with Crippen LogP contribution in [0, 0.1) is 6.92 Å². The van der Waals surface area contributed by atoms with Crippen LogP contribution in [-0.4, -0.2) is 35.6 Å². The van der Waals surface area contributed by atoms with Crippen molar-refractivity contribution in [2.24, 2.45) is 0 Å². The van der Waals surface area contributed by atoms with Crippen LogP contribution < -0.4 is 0 Å². The quantitative estimate of drug-likeness (QED) is 0.792. The van der Waals surface area contributed by atoms with Crippen molar-refractivity contribution >= 4 is 6.03 Å². The Bertz CT molecular complexity index is 501. The molecule has 2 heterocycles. The fourth-order valence-electron chi connectivity index (χ4n) is 1.51. The van der Waals surface area contributed by atoms with Crippen molar-refractivity contribution in [2.45, 2.75) is 33.1 Å². The van der Waals surface area contributed by atoms with Gasteiger partial charge in [-0.25, -0.2) is 14.8 Å². The van der Waals surface area contributed by atoms with Crippen LogP contribution in [0.15, 0.2) is 12.7 Å². The van der Waals surface area contributed by atoms with E-state index in [1.165, 1.54) is 17.3 Å². The van der Waals surface area contributed by atoms with Crippen LogP contribution in [0.25, 0.3) is 0 Å². The molecule has 0 aliphatic heterocycles. The van der Waals surface area contributed by atoms with Crippen molar-refractivity contribution in [3.63, 3.8) is 0 Å². The topological polar surface area (TPSA) is 78.5 Å². The summed E-state index contributed by atoms with van der Waals surface area (Å²) in [6, 6.07) is -0.353. The zero-order chi connectivity index (χ0) is 12.3. The Labute approximate surface area is 98.5 Å². The lowest BCUT2D eigenvalue weighted by molar-refractivity contribution is 0.237. The Balaban J connectivity index is 2.28. The predicted molar refractivity (Wildman–Crippen MR) is 59.6 cm³/mol. The Kier molecular flexibility index (Phi) is 3.27. The molecule has 0 spiro atoms. The first-order chi connectivity index (χ1) is 8.22. The van der Waals surface area contributed by atoms with Crippen LogP contribution in [0.2, 0.25) is 0 Å². The first kappa shape index (κ1) is 11.4. The fraction of sp³-hybridized carbons (Fsp3) is 0.500. The normalized spacial score (nSPS) is 10.7. The monoisotopic (exact) mass is 234 g/mol. The van der Waals surface area contributed by atoms with Gasteiger partial charge in [-0.15, -0.1) is 5.10 Å². The van der Waals surface area contributed by atoms with Gasteiger partial charge in [0.1, 0.15) is 24.3 Å². The second-order valence-electron chi connectivity index (χ2n) is 3.71. The number of aryl methyl sites for hydroxylation is 2. The third-order valence-corrected chi connectivity index (χ3v) is 2.33. The maximum atomic E-state index is 12.0. The van der Waals surface area contributed by atoms with Crippen LogP contribution in [0.5, 0.6) is 0 Å². The molecule has 0 saturated carbocycles. The average molecular weight is 234 g/mol. The van der Waals surface area contributed by atoms with Gasteiger partial charge in [0.05, 0.1) is 0 Å². The molecule has 0 atom stereocenters. The second-order valence-corrected chi connectivity index (χ2v) is 3.71. The van der Waals surface area contributed by atoms with E-state index in [0.717, 1.165) is 23.9 Å². The van der Waals surface area contributed by atoms with Crippen LogP contribution in [-0.2, 0) is 6.42 Å². The summed E-state index contributed by atoms with van der Waals surface area (Å²) in [4.78, 5) is 20.0. The minimum absolute atomic E-state index is 0.353. The zero-order valence-corrected chi connectivity index (χ0v) is 9.87. The van der Waals surface area contributed by atoms with E-state index in [2.05, 4.69) is 27.1 Å². The number of rotatable bonds is 3. The third-order valence-electron chi connectivity index (χ3n) is 2.33. The molecule has 7 nitrogen and oxygen atoms in total. The first-order valence-corrected chi connectivity index (χ1v) is 5.54. The van der Waals surface area contributed by atoms with Crippen LogP contribution in [0.4, 0.5) is 4.79 Å². The molecule has 2 rings (SSSR count). The van der Waals surface area contributed by atoms with Gasteiger partial charge in [-0.1, -0.05) is 13.3 Å². The van der Waals surface area contributed by atoms with E-state index in [1.54, 1.807) is 6.92 Å². The highest BCUT2D eigenvalue weighted by molar-refractivity contribution is 5.77. The minimum Gasteiger partial charge on any atom is -0.243 e. The van der Waals surface area contributed by atoms with E-state index in [9.17, 15) is 4.79 Å². The smallest absolute Gasteiger partial charge is 0.243 e. The molecule has 0 aliphatic carbocycles. The maximum absolute atomic E-state index is 12.0. The highest BCUT2D eigenvalue weighted by Gasteiger charge is 2.16. The average Bonchev–Trinajstić information content (AvgIpc) is 2.94. The van der Waals surface area contributed by atoms with Gasteiger partial charge in [0.15, 0.2) is 0 Å². The van der Waals surface area contributed by atoms with Crippen molar-refractivity contribution in [3.05, 3.63) is 24.3 Å². The number of aromatic nitrogens is 6. The number of carbonyl (C=O) groups is 1. The van der Waals surface area contributed by atoms with Crippen molar-refractivity contribution < 1.29 is 4.79 Å². The maximum Gasteiger partial charge on any atom is 0.372 e. The lowest BCUT2D eigenvalue weighted by Crippen LogP contribution is -2.23. The molecule has 0 N–H and O–H groups in total. The van der Waals surface area contributed by atoms with Crippen LogP contribution in [0.1, 0.15) is 31.4 Å². The number of nitrogens with zero attached hydrogens (tertiary/aromatic N) is 6. The third kappa shape index (κ3) is 2.38. The summed E-state index contributed by atoms with van der Waals surface area (Å²) in [5.74, 6) is 1.26. The van der Waals surface area contributed by atoms with Gasteiger partial charge in [0.25, 0.3) is 0 Å². The molecule has 17 heavy (non-hydrogen) atoms. The summed E-state index contributed by atoms with van der Waals surface area (Å²) in [5, 5.41) is 7.88. The van der Waals surface area contributed by atoms with E-state index in [-0.39, 0.29) is 6.03 Å². The van der Waals surface area contributed by atoms with Gasteiger partial charge < -0.3 is 0 Å². The molecular weight excluding hydrogens is 220 g/mol. The largest absolute Gasteiger partial charge is 0.372 e. The molecule has 0 amide bonds. The molecular formula is C10H14N6O. The summed E-state index contributed by atoms with van der Waals surface area (Å²) in [6.07, 6.45) is 5.42. The molecule has 0 aliphatic rings. The van der Waals surface area contributed by atoms with E-state index >= 15 is 0 Å². The number of hydrogen-bond donors (Lipinski definition) is 0. The standard InChI is InChI=1S/C10H14N6O/c1-3-4-5-9-13-8(2)14-16(9)10(17)15-7-11-6-12-15/h6-7H,3-5H2,1-2H3. The molecule has 0 bridgehead atoms. The van der Waals surface area contributed by atoms with Crippen molar-refractivity contribution in [3.8, 4) is 0 Å². The molecule has 2 aromatic rings. The van der Waals surface area contributed by atoms with Crippen molar-refractivity contribution in [1.82, 2.24) is 29.5 Å².